The van der Waals surface area contributed by atoms with E-state index in [9.17, 15) is 13.6 Å². The second-order valence-electron chi connectivity index (χ2n) is 9.24. The van der Waals surface area contributed by atoms with Crippen molar-refractivity contribution in [2.24, 2.45) is 0 Å². The molecule has 2 saturated heterocycles. The highest BCUT2D eigenvalue weighted by atomic mass is 19.2. The van der Waals surface area contributed by atoms with E-state index in [0.29, 0.717) is 38.3 Å². The van der Waals surface area contributed by atoms with E-state index in [2.05, 4.69) is 5.10 Å². The van der Waals surface area contributed by atoms with Crippen molar-refractivity contribution in [2.45, 2.75) is 51.9 Å². The number of amides is 1. The summed E-state index contributed by atoms with van der Waals surface area (Å²) in [6.07, 6.45) is 5.62. The van der Waals surface area contributed by atoms with Gasteiger partial charge in [-0.15, -0.1) is 0 Å². The highest BCUT2D eigenvalue weighted by Gasteiger charge is 2.28. The van der Waals surface area contributed by atoms with Crippen molar-refractivity contribution in [3.63, 3.8) is 0 Å². The van der Waals surface area contributed by atoms with Gasteiger partial charge in [0.15, 0.2) is 11.6 Å². The van der Waals surface area contributed by atoms with Gasteiger partial charge in [-0.1, -0.05) is 0 Å². The largest absolute Gasteiger partial charge is 0.444 e. The first kappa shape index (κ1) is 22.5. The maximum atomic E-state index is 15.0. The standard InChI is InChI=1S/C23H30F2N4O3/c1-23(2,3)32-22(30)28-11-9-27(10-12-28)18-8-7-17(20(24)21(18)25)16-14-26-29(15-16)19-6-4-5-13-31-19/h7-8,14-15,19H,4-6,9-13H2,1-3H3. The molecule has 174 valence electrons. The third-order valence-corrected chi connectivity index (χ3v) is 5.70. The van der Waals surface area contributed by atoms with Gasteiger partial charge in [-0.2, -0.15) is 5.10 Å². The molecule has 0 saturated carbocycles. The number of nitrogens with zero attached hydrogens (tertiary/aromatic N) is 4. The highest BCUT2D eigenvalue weighted by molar-refractivity contribution is 5.69. The van der Waals surface area contributed by atoms with E-state index in [4.69, 9.17) is 9.47 Å². The Hall–Kier alpha value is -2.68. The minimum absolute atomic E-state index is 0.161. The van der Waals surface area contributed by atoms with Crippen LogP contribution in [0.1, 0.15) is 46.3 Å². The van der Waals surface area contributed by atoms with Crippen LogP contribution in [0, 0.1) is 11.6 Å². The van der Waals surface area contributed by atoms with Gasteiger partial charge in [-0.25, -0.2) is 18.3 Å². The molecule has 1 amide bonds. The number of carbonyl (C=O) groups excluding carboxylic acids is 1. The summed E-state index contributed by atoms with van der Waals surface area (Å²) >= 11 is 0. The highest BCUT2D eigenvalue weighted by Crippen LogP contribution is 2.32. The number of hydrogen-bond acceptors (Lipinski definition) is 5. The molecule has 1 aromatic heterocycles. The summed E-state index contributed by atoms with van der Waals surface area (Å²) in [5.74, 6) is -1.80. The van der Waals surface area contributed by atoms with Crippen LogP contribution in [0.15, 0.2) is 24.5 Å². The molecule has 3 heterocycles. The molecule has 1 aromatic carbocycles. The molecule has 32 heavy (non-hydrogen) atoms. The number of anilines is 1. The average Bonchev–Trinajstić information content (AvgIpc) is 3.25. The Kier molecular flexibility index (Phi) is 6.37. The Morgan fingerprint density at radius 3 is 2.53 bits per heavy atom. The number of hydrogen-bond donors (Lipinski definition) is 0. The van der Waals surface area contributed by atoms with Crippen molar-refractivity contribution in [2.75, 3.05) is 37.7 Å². The molecule has 2 aliphatic rings. The lowest BCUT2D eigenvalue weighted by Crippen LogP contribution is -2.50. The van der Waals surface area contributed by atoms with Crippen molar-refractivity contribution in [3.05, 3.63) is 36.2 Å². The molecule has 1 atom stereocenters. The molecule has 2 aromatic rings. The normalized spacial score (nSPS) is 19.8. The maximum Gasteiger partial charge on any atom is 0.410 e. The van der Waals surface area contributed by atoms with Crippen LogP contribution in [-0.4, -0.2) is 59.2 Å². The molecule has 4 rings (SSSR count). The van der Waals surface area contributed by atoms with Crippen molar-refractivity contribution < 1.29 is 23.0 Å². The predicted octanol–water partition coefficient (Wildman–Crippen LogP) is 4.58. The van der Waals surface area contributed by atoms with Gasteiger partial charge in [0.2, 0.25) is 0 Å². The van der Waals surface area contributed by atoms with Crippen LogP contribution in [0.5, 0.6) is 0 Å². The molecule has 0 N–H and O–H groups in total. The minimum Gasteiger partial charge on any atom is -0.444 e. The Bertz CT molecular complexity index is 959. The van der Waals surface area contributed by atoms with Gasteiger partial charge in [0.1, 0.15) is 11.8 Å². The quantitative estimate of drug-likeness (QED) is 0.688. The summed E-state index contributed by atoms with van der Waals surface area (Å²) in [6, 6.07) is 3.17. The van der Waals surface area contributed by atoms with Crippen LogP contribution in [0.4, 0.5) is 19.3 Å². The van der Waals surface area contributed by atoms with Gasteiger partial charge in [0.25, 0.3) is 0 Å². The maximum absolute atomic E-state index is 15.0. The van der Waals surface area contributed by atoms with E-state index in [-0.39, 0.29) is 17.5 Å². The van der Waals surface area contributed by atoms with E-state index in [1.54, 1.807) is 32.8 Å². The molecule has 0 aliphatic carbocycles. The smallest absolute Gasteiger partial charge is 0.410 e. The minimum atomic E-state index is -0.902. The van der Waals surface area contributed by atoms with Gasteiger partial charge in [-0.05, 0) is 52.2 Å². The number of halogens is 2. The summed E-state index contributed by atoms with van der Waals surface area (Å²) in [5, 5.41) is 4.29. The fraction of sp³-hybridized carbons (Fsp3) is 0.565. The zero-order chi connectivity index (χ0) is 22.9. The number of piperazine rings is 1. The van der Waals surface area contributed by atoms with E-state index in [1.807, 2.05) is 20.8 Å². The molecular formula is C23H30F2N4O3. The van der Waals surface area contributed by atoms with Gasteiger partial charge in [0, 0.05) is 50.1 Å². The summed E-state index contributed by atoms with van der Waals surface area (Å²) in [6.45, 7) is 7.67. The van der Waals surface area contributed by atoms with E-state index in [0.717, 1.165) is 19.3 Å². The molecule has 1 unspecified atom stereocenters. The zero-order valence-electron chi connectivity index (χ0n) is 18.8. The molecule has 0 bridgehead atoms. The van der Waals surface area contributed by atoms with Crippen LogP contribution < -0.4 is 4.90 Å². The number of rotatable bonds is 3. The molecule has 0 radical (unpaired) electrons. The lowest BCUT2D eigenvalue weighted by molar-refractivity contribution is -0.0394. The second-order valence-corrected chi connectivity index (χ2v) is 9.24. The van der Waals surface area contributed by atoms with E-state index < -0.39 is 23.3 Å². The summed E-state index contributed by atoms with van der Waals surface area (Å²) in [5.41, 5.74) is 0.298. The molecule has 9 heteroatoms. The molecular weight excluding hydrogens is 418 g/mol. The van der Waals surface area contributed by atoms with Crippen LogP contribution >= 0.6 is 0 Å². The van der Waals surface area contributed by atoms with Crippen LogP contribution in [-0.2, 0) is 9.47 Å². The number of aromatic nitrogens is 2. The van der Waals surface area contributed by atoms with Crippen molar-refractivity contribution in [3.8, 4) is 11.1 Å². The van der Waals surface area contributed by atoms with Crippen molar-refractivity contribution >= 4 is 11.8 Å². The third kappa shape index (κ3) is 4.87. The lowest BCUT2D eigenvalue weighted by atomic mass is 10.1. The first-order valence-corrected chi connectivity index (χ1v) is 11.1. The molecule has 2 fully saturated rings. The predicted molar refractivity (Wildman–Crippen MR) is 116 cm³/mol. The van der Waals surface area contributed by atoms with Gasteiger partial charge in [-0.3, -0.25) is 0 Å². The second kappa shape index (κ2) is 9.05. The fourth-order valence-electron chi connectivity index (χ4n) is 4.03. The van der Waals surface area contributed by atoms with Crippen LogP contribution in [0.3, 0.4) is 0 Å². The Morgan fingerprint density at radius 2 is 1.88 bits per heavy atom. The fourth-order valence-corrected chi connectivity index (χ4v) is 4.03. The number of ether oxygens (including phenoxy) is 2. The molecule has 2 aliphatic heterocycles. The summed E-state index contributed by atoms with van der Waals surface area (Å²) in [7, 11) is 0. The molecule has 7 nitrogen and oxygen atoms in total. The Morgan fingerprint density at radius 1 is 1.12 bits per heavy atom. The monoisotopic (exact) mass is 448 g/mol. The number of carbonyl (C=O) groups is 1. The van der Waals surface area contributed by atoms with E-state index >= 15 is 0 Å². The summed E-state index contributed by atoms with van der Waals surface area (Å²) in [4.78, 5) is 15.6. The van der Waals surface area contributed by atoms with E-state index in [1.165, 1.54) is 6.20 Å². The first-order chi connectivity index (χ1) is 15.2. The van der Waals surface area contributed by atoms with Crippen LogP contribution in [0.2, 0.25) is 0 Å². The van der Waals surface area contributed by atoms with Crippen LogP contribution in [0.25, 0.3) is 11.1 Å². The van der Waals surface area contributed by atoms with Gasteiger partial charge in [0.05, 0.1) is 11.9 Å². The zero-order valence-corrected chi connectivity index (χ0v) is 18.8. The average molecular weight is 449 g/mol. The summed E-state index contributed by atoms with van der Waals surface area (Å²) < 4.78 is 42.8. The SMILES string of the molecule is CC(C)(C)OC(=O)N1CCN(c2ccc(-c3cnn(C4CCCCO4)c3)c(F)c2F)CC1. The van der Waals surface area contributed by atoms with Gasteiger partial charge < -0.3 is 19.3 Å². The van der Waals surface area contributed by atoms with Gasteiger partial charge >= 0.3 is 6.09 Å². The first-order valence-electron chi connectivity index (χ1n) is 11.1. The lowest BCUT2D eigenvalue weighted by Gasteiger charge is -2.36. The number of benzene rings is 1. The van der Waals surface area contributed by atoms with Crippen molar-refractivity contribution in [1.82, 2.24) is 14.7 Å². The Labute approximate surface area is 186 Å². The van der Waals surface area contributed by atoms with Crippen molar-refractivity contribution in [1.29, 1.82) is 0 Å². The molecule has 0 spiro atoms. The Balaban J connectivity index is 1.45. The third-order valence-electron chi connectivity index (χ3n) is 5.70. The topological polar surface area (TPSA) is 59.8 Å².